The zero-order valence-corrected chi connectivity index (χ0v) is 13.1. The molecule has 1 saturated heterocycles. The van der Waals surface area contributed by atoms with Crippen LogP contribution in [0.15, 0.2) is 0 Å². The van der Waals surface area contributed by atoms with Gasteiger partial charge in [0.1, 0.15) is 0 Å². The predicted molar refractivity (Wildman–Crippen MR) is 78.3 cm³/mol. The van der Waals surface area contributed by atoms with Crippen LogP contribution in [0.2, 0.25) is 0 Å². The van der Waals surface area contributed by atoms with Crippen molar-refractivity contribution in [2.45, 2.75) is 51.7 Å². The third-order valence-corrected chi connectivity index (χ3v) is 4.94. The highest BCUT2D eigenvalue weighted by Crippen LogP contribution is 2.37. The topological polar surface area (TPSA) is 66.4 Å². The second-order valence-electron chi connectivity index (χ2n) is 6.69. The molecular formula is C14H25NO3S. The van der Waals surface area contributed by atoms with Gasteiger partial charge in [-0.05, 0) is 37.4 Å². The summed E-state index contributed by atoms with van der Waals surface area (Å²) >= 11 is 1.67. The van der Waals surface area contributed by atoms with Crippen molar-refractivity contribution >= 4 is 23.6 Å². The first kappa shape index (κ1) is 16.3. The van der Waals surface area contributed by atoms with Crippen LogP contribution >= 0.6 is 11.8 Å². The summed E-state index contributed by atoms with van der Waals surface area (Å²) in [6.07, 6.45) is 2.49. The largest absolute Gasteiger partial charge is 0.481 e. The zero-order chi connectivity index (χ0) is 14.7. The van der Waals surface area contributed by atoms with Gasteiger partial charge in [0.2, 0.25) is 5.91 Å². The van der Waals surface area contributed by atoms with Crippen molar-refractivity contribution in [2.75, 3.05) is 12.3 Å². The normalized spacial score (nSPS) is 25.1. The Hall–Kier alpha value is -0.710. The number of carboxylic acids is 1. The summed E-state index contributed by atoms with van der Waals surface area (Å²) in [7, 11) is 0. The van der Waals surface area contributed by atoms with Crippen molar-refractivity contribution in [1.82, 2.24) is 5.32 Å². The van der Waals surface area contributed by atoms with Gasteiger partial charge in [0.25, 0.3) is 0 Å². The summed E-state index contributed by atoms with van der Waals surface area (Å²) in [5.41, 5.74) is -0.0558. The minimum absolute atomic E-state index is 0.0184. The van der Waals surface area contributed by atoms with Crippen LogP contribution in [0.4, 0.5) is 0 Å². The number of carboxylic acid groups (broad SMARTS) is 1. The molecule has 2 unspecified atom stereocenters. The van der Waals surface area contributed by atoms with E-state index in [2.05, 4.69) is 5.32 Å². The predicted octanol–water partition coefficient (Wildman–Crippen LogP) is 2.53. The highest BCUT2D eigenvalue weighted by molar-refractivity contribution is 8.01. The third kappa shape index (κ3) is 5.05. The minimum atomic E-state index is -0.834. The lowest BCUT2D eigenvalue weighted by molar-refractivity contribution is -0.142. The first-order valence-electron chi connectivity index (χ1n) is 6.79. The summed E-state index contributed by atoms with van der Waals surface area (Å²) in [4.78, 5) is 23.4. The quantitative estimate of drug-likeness (QED) is 0.815. The van der Waals surface area contributed by atoms with E-state index in [-0.39, 0.29) is 22.6 Å². The number of aliphatic carboxylic acids is 1. The average molecular weight is 287 g/mol. The Morgan fingerprint density at radius 3 is 2.47 bits per heavy atom. The molecule has 2 N–H and O–H groups in total. The smallest absolute Gasteiger partial charge is 0.308 e. The Balaban J connectivity index is 2.52. The van der Waals surface area contributed by atoms with Gasteiger partial charge in [-0.25, -0.2) is 0 Å². The number of carbonyl (C=O) groups is 2. The number of carbonyl (C=O) groups excluding carboxylic acids is 1. The molecule has 0 aromatic carbocycles. The zero-order valence-electron chi connectivity index (χ0n) is 12.3. The number of thioether (sulfide) groups is 1. The van der Waals surface area contributed by atoms with E-state index in [0.717, 1.165) is 18.6 Å². The lowest BCUT2D eigenvalue weighted by atomic mass is 9.84. The Kier molecular flexibility index (Phi) is 5.30. The summed E-state index contributed by atoms with van der Waals surface area (Å²) in [5, 5.41) is 12.1. The van der Waals surface area contributed by atoms with E-state index >= 15 is 0 Å². The molecule has 0 spiro atoms. The molecule has 2 atom stereocenters. The molecule has 1 amide bonds. The van der Waals surface area contributed by atoms with Crippen molar-refractivity contribution in [3.05, 3.63) is 0 Å². The van der Waals surface area contributed by atoms with Gasteiger partial charge in [-0.1, -0.05) is 20.8 Å². The third-order valence-electron chi connectivity index (χ3n) is 3.42. The van der Waals surface area contributed by atoms with E-state index in [1.165, 1.54) is 0 Å². The van der Waals surface area contributed by atoms with Gasteiger partial charge in [-0.15, -0.1) is 11.8 Å². The second-order valence-corrected chi connectivity index (χ2v) is 8.29. The number of hydrogen-bond acceptors (Lipinski definition) is 3. The SMILES string of the molecule is CC(C)(C)CC(CNC(=O)C1(C)CCCS1)C(=O)O. The molecule has 1 aliphatic heterocycles. The Labute approximate surface area is 119 Å². The molecule has 5 heteroatoms. The van der Waals surface area contributed by atoms with E-state index in [1.54, 1.807) is 11.8 Å². The molecule has 0 bridgehead atoms. The van der Waals surface area contributed by atoms with E-state index in [0.29, 0.717) is 6.42 Å². The first-order valence-corrected chi connectivity index (χ1v) is 7.78. The van der Waals surface area contributed by atoms with Crippen LogP contribution in [0.1, 0.15) is 47.0 Å². The molecule has 0 radical (unpaired) electrons. The molecular weight excluding hydrogens is 262 g/mol. The first-order chi connectivity index (χ1) is 8.64. The molecule has 19 heavy (non-hydrogen) atoms. The van der Waals surface area contributed by atoms with Crippen LogP contribution in [0.25, 0.3) is 0 Å². The molecule has 1 fully saturated rings. The fourth-order valence-electron chi connectivity index (χ4n) is 2.35. The van der Waals surface area contributed by atoms with E-state index in [1.807, 2.05) is 27.7 Å². The van der Waals surface area contributed by atoms with Crippen molar-refractivity contribution in [3.63, 3.8) is 0 Å². The minimum Gasteiger partial charge on any atom is -0.481 e. The lowest BCUT2D eigenvalue weighted by Crippen LogP contribution is -2.44. The fourth-order valence-corrected chi connectivity index (χ4v) is 3.58. The van der Waals surface area contributed by atoms with Crippen LogP contribution in [-0.4, -0.2) is 34.0 Å². The van der Waals surface area contributed by atoms with Crippen LogP contribution in [0, 0.1) is 11.3 Å². The highest BCUT2D eigenvalue weighted by Gasteiger charge is 2.37. The Morgan fingerprint density at radius 1 is 1.42 bits per heavy atom. The maximum Gasteiger partial charge on any atom is 0.308 e. The molecule has 4 nitrogen and oxygen atoms in total. The molecule has 0 aromatic heterocycles. The van der Waals surface area contributed by atoms with Crippen molar-refractivity contribution in [2.24, 2.45) is 11.3 Å². The van der Waals surface area contributed by atoms with Crippen LogP contribution in [-0.2, 0) is 9.59 Å². The molecule has 1 aliphatic rings. The molecule has 1 heterocycles. The maximum absolute atomic E-state index is 12.1. The molecule has 110 valence electrons. The molecule has 0 aromatic rings. The van der Waals surface area contributed by atoms with Gasteiger partial charge in [0, 0.05) is 6.54 Å². The van der Waals surface area contributed by atoms with Crippen molar-refractivity contribution in [1.29, 1.82) is 0 Å². The number of amides is 1. The van der Waals surface area contributed by atoms with Gasteiger partial charge >= 0.3 is 5.97 Å². The van der Waals surface area contributed by atoms with E-state index in [4.69, 9.17) is 0 Å². The number of hydrogen-bond donors (Lipinski definition) is 2. The van der Waals surface area contributed by atoms with Gasteiger partial charge in [-0.2, -0.15) is 0 Å². The van der Waals surface area contributed by atoms with Gasteiger partial charge in [-0.3, -0.25) is 9.59 Å². The van der Waals surface area contributed by atoms with Gasteiger partial charge < -0.3 is 10.4 Å². The number of nitrogens with one attached hydrogen (secondary N) is 1. The van der Waals surface area contributed by atoms with Crippen LogP contribution < -0.4 is 5.32 Å². The monoisotopic (exact) mass is 287 g/mol. The second kappa shape index (κ2) is 6.16. The molecule has 0 aliphatic carbocycles. The molecule has 1 rings (SSSR count). The van der Waals surface area contributed by atoms with Crippen LogP contribution in [0.3, 0.4) is 0 Å². The van der Waals surface area contributed by atoms with Gasteiger partial charge in [0.15, 0.2) is 0 Å². The van der Waals surface area contributed by atoms with Crippen molar-refractivity contribution < 1.29 is 14.7 Å². The Bertz CT molecular complexity index is 343. The highest BCUT2D eigenvalue weighted by atomic mass is 32.2. The maximum atomic E-state index is 12.1. The summed E-state index contributed by atoms with van der Waals surface area (Å²) in [6, 6.07) is 0. The van der Waals surface area contributed by atoms with E-state index in [9.17, 15) is 14.7 Å². The fraction of sp³-hybridized carbons (Fsp3) is 0.857. The van der Waals surface area contributed by atoms with E-state index < -0.39 is 11.9 Å². The number of rotatable bonds is 5. The van der Waals surface area contributed by atoms with Crippen molar-refractivity contribution in [3.8, 4) is 0 Å². The van der Waals surface area contributed by atoms with Crippen LogP contribution in [0.5, 0.6) is 0 Å². The molecule has 0 saturated carbocycles. The van der Waals surface area contributed by atoms with Gasteiger partial charge in [0.05, 0.1) is 10.7 Å². The summed E-state index contributed by atoms with van der Waals surface area (Å²) in [6.45, 7) is 8.21. The lowest BCUT2D eigenvalue weighted by Gasteiger charge is -2.26. The summed E-state index contributed by atoms with van der Waals surface area (Å²) < 4.78 is -0.370. The standard InChI is InChI=1S/C14H25NO3S/c1-13(2,3)8-10(11(16)17)9-15-12(18)14(4)6-5-7-19-14/h10H,5-9H2,1-4H3,(H,15,18)(H,16,17). The Morgan fingerprint density at radius 2 is 2.05 bits per heavy atom. The summed E-state index contributed by atoms with van der Waals surface area (Å²) in [5.74, 6) is -0.359. The average Bonchev–Trinajstić information content (AvgIpc) is 2.70.